The van der Waals surface area contributed by atoms with Crippen molar-refractivity contribution in [3.63, 3.8) is 0 Å². The molecule has 1 amide bonds. The standard InChI is InChI=1S/C14H19NO2S2/c1-9-11-10(17-12(9)13(16)15(2)3)5-4-6-14(11)18-7-8-19-14/h4-8H2,1-3H3. The number of amides is 1. The Kier molecular flexibility index (Phi) is 3.38. The molecule has 104 valence electrons. The number of hydrogen-bond donors (Lipinski definition) is 0. The highest BCUT2D eigenvalue weighted by Gasteiger charge is 2.45. The number of furan rings is 1. The van der Waals surface area contributed by atoms with Crippen molar-refractivity contribution in [1.29, 1.82) is 0 Å². The van der Waals surface area contributed by atoms with Crippen LogP contribution in [0.1, 0.15) is 40.3 Å². The van der Waals surface area contributed by atoms with Crippen molar-refractivity contribution in [2.24, 2.45) is 0 Å². The topological polar surface area (TPSA) is 33.5 Å². The molecule has 0 atom stereocenters. The third-order valence-electron chi connectivity index (χ3n) is 3.86. The molecule has 1 fully saturated rings. The van der Waals surface area contributed by atoms with E-state index in [1.807, 2.05) is 30.4 Å². The zero-order valence-corrected chi connectivity index (χ0v) is 13.2. The van der Waals surface area contributed by atoms with Crippen molar-refractivity contribution in [2.45, 2.75) is 30.3 Å². The second kappa shape index (κ2) is 4.77. The van der Waals surface area contributed by atoms with Gasteiger partial charge in [-0.05, 0) is 19.8 Å². The summed E-state index contributed by atoms with van der Waals surface area (Å²) < 4.78 is 6.09. The van der Waals surface area contributed by atoms with E-state index in [0.29, 0.717) is 5.76 Å². The van der Waals surface area contributed by atoms with Crippen LogP contribution in [-0.2, 0) is 10.5 Å². The maximum absolute atomic E-state index is 12.2. The molecular weight excluding hydrogens is 278 g/mol. The Morgan fingerprint density at radius 2 is 2.00 bits per heavy atom. The number of carbonyl (C=O) groups excluding carboxylic acids is 1. The summed E-state index contributed by atoms with van der Waals surface area (Å²) >= 11 is 4.07. The Morgan fingerprint density at radius 3 is 2.63 bits per heavy atom. The molecular formula is C14H19NO2S2. The van der Waals surface area contributed by atoms with E-state index in [2.05, 4.69) is 0 Å². The van der Waals surface area contributed by atoms with Gasteiger partial charge in [0.2, 0.25) is 0 Å². The Hall–Kier alpha value is -0.550. The fraction of sp³-hybridized carbons (Fsp3) is 0.643. The number of carbonyl (C=O) groups is 1. The van der Waals surface area contributed by atoms with Crippen LogP contribution in [0.25, 0.3) is 0 Å². The molecule has 19 heavy (non-hydrogen) atoms. The van der Waals surface area contributed by atoms with Gasteiger partial charge in [-0.1, -0.05) is 0 Å². The molecule has 0 radical (unpaired) electrons. The van der Waals surface area contributed by atoms with Crippen molar-refractivity contribution in [2.75, 3.05) is 25.6 Å². The molecule has 3 rings (SSSR count). The van der Waals surface area contributed by atoms with Crippen LogP contribution in [0.2, 0.25) is 0 Å². The molecule has 0 bridgehead atoms. The predicted octanol–water partition coefficient (Wildman–Crippen LogP) is 3.26. The molecule has 1 aromatic rings. The minimum Gasteiger partial charge on any atom is -0.455 e. The van der Waals surface area contributed by atoms with Gasteiger partial charge in [0.25, 0.3) is 5.91 Å². The summed E-state index contributed by atoms with van der Waals surface area (Å²) in [5.74, 6) is 3.98. The van der Waals surface area contributed by atoms with Crippen molar-refractivity contribution in [3.8, 4) is 0 Å². The van der Waals surface area contributed by atoms with E-state index in [9.17, 15) is 4.79 Å². The summed E-state index contributed by atoms with van der Waals surface area (Å²) in [6, 6.07) is 0. The first-order chi connectivity index (χ1) is 9.05. The Labute approximate surface area is 122 Å². The van der Waals surface area contributed by atoms with Gasteiger partial charge in [0, 0.05) is 43.1 Å². The summed E-state index contributed by atoms with van der Waals surface area (Å²) in [6.07, 6.45) is 3.33. The fourth-order valence-electron chi connectivity index (χ4n) is 3.00. The highest BCUT2D eigenvalue weighted by molar-refractivity contribution is 8.20. The molecule has 1 spiro atoms. The number of thioether (sulfide) groups is 2. The number of aryl methyl sites for hydroxylation is 1. The summed E-state index contributed by atoms with van der Waals surface area (Å²) in [5.41, 5.74) is 2.38. The van der Waals surface area contributed by atoms with Crippen LogP contribution < -0.4 is 0 Å². The van der Waals surface area contributed by atoms with Gasteiger partial charge in [-0.15, -0.1) is 23.5 Å². The zero-order valence-electron chi connectivity index (χ0n) is 11.6. The smallest absolute Gasteiger partial charge is 0.289 e. The third-order valence-corrected chi connectivity index (χ3v) is 7.40. The highest BCUT2D eigenvalue weighted by Crippen LogP contribution is 2.59. The second-order valence-electron chi connectivity index (χ2n) is 5.36. The lowest BCUT2D eigenvalue weighted by molar-refractivity contribution is 0.0793. The lowest BCUT2D eigenvalue weighted by Gasteiger charge is -2.31. The predicted molar refractivity (Wildman–Crippen MR) is 81.0 cm³/mol. The van der Waals surface area contributed by atoms with Crippen LogP contribution in [-0.4, -0.2) is 36.4 Å². The maximum Gasteiger partial charge on any atom is 0.289 e. The Morgan fingerprint density at radius 1 is 1.32 bits per heavy atom. The van der Waals surface area contributed by atoms with E-state index in [1.165, 1.54) is 23.5 Å². The molecule has 0 saturated carbocycles. The van der Waals surface area contributed by atoms with Gasteiger partial charge in [-0.25, -0.2) is 0 Å². The van der Waals surface area contributed by atoms with E-state index in [0.717, 1.165) is 24.2 Å². The third kappa shape index (κ3) is 2.02. The highest BCUT2D eigenvalue weighted by atomic mass is 32.2. The molecule has 1 aliphatic heterocycles. The maximum atomic E-state index is 12.2. The molecule has 5 heteroatoms. The molecule has 0 aromatic carbocycles. The quantitative estimate of drug-likeness (QED) is 0.796. The normalized spacial score (nSPS) is 20.6. The van der Waals surface area contributed by atoms with Gasteiger partial charge < -0.3 is 9.32 Å². The molecule has 1 saturated heterocycles. The second-order valence-corrected chi connectivity index (χ2v) is 8.40. The molecule has 1 aliphatic carbocycles. The van der Waals surface area contributed by atoms with E-state index in [4.69, 9.17) is 4.42 Å². The molecule has 0 unspecified atom stereocenters. The van der Waals surface area contributed by atoms with E-state index >= 15 is 0 Å². The fourth-order valence-corrected chi connectivity index (χ4v) is 6.56. The Bertz CT molecular complexity index is 516. The summed E-state index contributed by atoms with van der Waals surface area (Å²) in [4.78, 5) is 13.8. The van der Waals surface area contributed by atoms with Gasteiger partial charge in [0.15, 0.2) is 5.76 Å². The van der Waals surface area contributed by atoms with Crippen molar-refractivity contribution >= 4 is 29.4 Å². The van der Waals surface area contributed by atoms with Gasteiger partial charge in [-0.3, -0.25) is 4.79 Å². The van der Waals surface area contributed by atoms with Crippen LogP contribution in [0.5, 0.6) is 0 Å². The van der Waals surface area contributed by atoms with Crippen LogP contribution >= 0.6 is 23.5 Å². The van der Waals surface area contributed by atoms with Gasteiger partial charge >= 0.3 is 0 Å². The summed E-state index contributed by atoms with van der Waals surface area (Å²) in [7, 11) is 3.55. The van der Waals surface area contributed by atoms with Crippen LogP contribution in [0.3, 0.4) is 0 Å². The lowest BCUT2D eigenvalue weighted by Crippen LogP contribution is -2.23. The first-order valence-corrected chi connectivity index (χ1v) is 8.64. The van der Waals surface area contributed by atoms with Crippen LogP contribution in [0, 0.1) is 6.92 Å². The van der Waals surface area contributed by atoms with Crippen LogP contribution in [0.4, 0.5) is 0 Å². The first-order valence-electron chi connectivity index (χ1n) is 6.67. The minimum atomic E-state index is -0.0185. The zero-order chi connectivity index (χ0) is 13.6. The molecule has 2 heterocycles. The number of fused-ring (bicyclic) bond motifs is 2. The molecule has 1 aromatic heterocycles. The molecule has 3 nitrogen and oxygen atoms in total. The van der Waals surface area contributed by atoms with E-state index < -0.39 is 0 Å². The molecule has 2 aliphatic rings. The minimum absolute atomic E-state index is 0.0185. The number of nitrogens with zero attached hydrogens (tertiary/aromatic N) is 1. The largest absolute Gasteiger partial charge is 0.455 e. The van der Waals surface area contributed by atoms with Gasteiger partial charge in [0.05, 0.1) is 4.08 Å². The van der Waals surface area contributed by atoms with Crippen molar-refractivity contribution < 1.29 is 9.21 Å². The average molecular weight is 297 g/mol. The van der Waals surface area contributed by atoms with Gasteiger partial charge in [-0.2, -0.15) is 0 Å². The monoisotopic (exact) mass is 297 g/mol. The van der Waals surface area contributed by atoms with E-state index in [-0.39, 0.29) is 9.99 Å². The van der Waals surface area contributed by atoms with Crippen LogP contribution in [0.15, 0.2) is 4.42 Å². The van der Waals surface area contributed by atoms with Gasteiger partial charge in [0.1, 0.15) is 5.76 Å². The SMILES string of the molecule is Cc1c(C(=O)N(C)C)oc2c1C1(CCC2)SCCS1. The average Bonchev–Trinajstić information content (AvgIpc) is 2.95. The van der Waals surface area contributed by atoms with Crippen molar-refractivity contribution in [1.82, 2.24) is 4.90 Å². The number of hydrogen-bond acceptors (Lipinski definition) is 4. The lowest BCUT2D eigenvalue weighted by atomic mass is 9.94. The van der Waals surface area contributed by atoms with E-state index in [1.54, 1.807) is 19.0 Å². The summed E-state index contributed by atoms with van der Waals surface area (Å²) in [6.45, 7) is 2.05. The Balaban J connectivity index is 2.10. The summed E-state index contributed by atoms with van der Waals surface area (Å²) in [5, 5.41) is 0. The first kappa shape index (κ1) is 13.4. The molecule has 0 N–H and O–H groups in total. The van der Waals surface area contributed by atoms with Crippen molar-refractivity contribution in [3.05, 3.63) is 22.6 Å². The number of rotatable bonds is 1.